The lowest BCUT2D eigenvalue weighted by molar-refractivity contribution is 0.238. The van der Waals surface area contributed by atoms with Crippen LogP contribution in [0.5, 0.6) is 0 Å². The van der Waals surface area contributed by atoms with Crippen molar-refractivity contribution >= 4 is 16.9 Å². The minimum atomic E-state index is 0.431. The summed E-state index contributed by atoms with van der Waals surface area (Å²) in [4.78, 5) is 14.4. The van der Waals surface area contributed by atoms with Crippen molar-refractivity contribution in [1.82, 2.24) is 15.0 Å². The molecule has 3 rings (SSSR count). The van der Waals surface area contributed by atoms with Crippen molar-refractivity contribution in [3.05, 3.63) is 18.6 Å². The summed E-state index contributed by atoms with van der Waals surface area (Å²) in [5.74, 6) is 1.09. The van der Waals surface area contributed by atoms with Gasteiger partial charge in [0.2, 0.25) is 0 Å². The van der Waals surface area contributed by atoms with E-state index in [1.165, 1.54) is 25.7 Å². The lowest BCUT2D eigenvalue weighted by Gasteiger charge is -2.41. The summed E-state index contributed by atoms with van der Waals surface area (Å²) in [5, 5.41) is 1.14. The maximum absolute atomic E-state index is 4.52. The van der Waals surface area contributed by atoms with Gasteiger partial charge in [-0.25, -0.2) is 9.97 Å². The second-order valence-corrected chi connectivity index (χ2v) is 6.02. The van der Waals surface area contributed by atoms with E-state index in [1.807, 2.05) is 6.20 Å². The Labute approximate surface area is 114 Å². The quantitative estimate of drug-likeness (QED) is 0.918. The Kier molecular flexibility index (Phi) is 3.17. The van der Waals surface area contributed by atoms with Crippen molar-refractivity contribution < 1.29 is 0 Å². The average Bonchev–Trinajstić information content (AvgIpc) is 2.86. The highest BCUT2D eigenvalue weighted by Gasteiger charge is 2.31. The van der Waals surface area contributed by atoms with Crippen LogP contribution in [-0.4, -0.2) is 28.0 Å². The first-order chi connectivity index (χ1) is 9.22. The molecular weight excluding hydrogens is 236 g/mol. The molecule has 1 saturated heterocycles. The first kappa shape index (κ1) is 12.5. The zero-order valence-corrected chi connectivity index (χ0v) is 11.8. The molecule has 0 aromatic carbocycles. The molecule has 0 bridgehead atoms. The Bertz CT molecular complexity index is 558. The molecule has 19 heavy (non-hydrogen) atoms. The van der Waals surface area contributed by atoms with Gasteiger partial charge in [0.15, 0.2) is 0 Å². The Balaban J connectivity index is 1.91. The largest absolute Gasteiger partial charge is 0.355 e. The highest BCUT2D eigenvalue weighted by atomic mass is 15.2. The molecule has 0 saturated carbocycles. The summed E-state index contributed by atoms with van der Waals surface area (Å²) in [6, 6.07) is 2.08. The van der Waals surface area contributed by atoms with Crippen LogP contribution < -0.4 is 4.90 Å². The summed E-state index contributed by atoms with van der Waals surface area (Å²) in [7, 11) is 0. The van der Waals surface area contributed by atoms with E-state index in [9.17, 15) is 0 Å². The molecule has 1 atom stereocenters. The van der Waals surface area contributed by atoms with Crippen LogP contribution in [0, 0.1) is 5.41 Å². The molecular formula is C15H22N4. The van der Waals surface area contributed by atoms with Crippen LogP contribution in [0.25, 0.3) is 11.0 Å². The molecule has 2 aromatic heterocycles. The van der Waals surface area contributed by atoms with Crippen molar-refractivity contribution in [3.8, 4) is 0 Å². The number of hydrogen-bond acceptors (Lipinski definition) is 3. The molecule has 0 amide bonds. The van der Waals surface area contributed by atoms with E-state index in [-0.39, 0.29) is 0 Å². The highest BCUT2D eigenvalue weighted by Crippen LogP contribution is 2.36. The number of anilines is 1. The van der Waals surface area contributed by atoms with Gasteiger partial charge in [0, 0.05) is 19.3 Å². The molecule has 4 heteroatoms. The molecule has 1 aliphatic rings. The Hall–Kier alpha value is -1.58. The van der Waals surface area contributed by atoms with Crippen LogP contribution in [-0.2, 0) is 0 Å². The van der Waals surface area contributed by atoms with Gasteiger partial charge in [0.1, 0.15) is 17.8 Å². The zero-order valence-electron chi connectivity index (χ0n) is 11.8. The van der Waals surface area contributed by atoms with Gasteiger partial charge in [-0.15, -0.1) is 0 Å². The van der Waals surface area contributed by atoms with E-state index in [4.69, 9.17) is 0 Å². The van der Waals surface area contributed by atoms with Crippen LogP contribution >= 0.6 is 0 Å². The predicted molar refractivity (Wildman–Crippen MR) is 78.4 cm³/mol. The normalized spacial score (nSPS) is 24.0. The van der Waals surface area contributed by atoms with E-state index in [2.05, 4.69) is 39.8 Å². The van der Waals surface area contributed by atoms with Crippen LogP contribution in [0.15, 0.2) is 18.6 Å². The first-order valence-electron chi connectivity index (χ1n) is 7.25. The van der Waals surface area contributed by atoms with Crippen molar-refractivity contribution in [2.45, 2.75) is 39.5 Å². The summed E-state index contributed by atoms with van der Waals surface area (Å²) in [6.07, 6.45) is 8.75. The third kappa shape index (κ3) is 2.31. The number of nitrogens with one attached hydrogen (secondary N) is 1. The van der Waals surface area contributed by atoms with Crippen LogP contribution in [0.2, 0.25) is 0 Å². The third-order valence-corrected chi connectivity index (χ3v) is 4.27. The minimum Gasteiger partial charge on any atom is -0.355 e. The average molecular weight is 258 g/mol. The number of hydrogen-bond donors (Lipinski definition) is 1. The fourth-order valence-electron chi connectivity index (χ4n) is 3.41. The zero-order chi connectivity index (χ0) is 13.3. The van der Waals surface area contributed by atoms with Gasteiger partial charge in [-0.3, -0.25) is 0 Å². The fourth-order valence-corrected chi connectivity index (χ4v) is 3.41. The van der Waals surface area contributed by atoms with Gasteiger partial charge in [-0.2, -0.15) is 0 Å². The summed E-state index contributed by atoms with van der Waals surface area (Å²) in [5.41, 5.74) is 1.37. The Morgan fingerprint density at radius 1 is 1.42 bits per heavy atom. The Morgan fingerprint density at radius 3 is 3.16 bits per heavy atom. The number of aromatic amines is 1. The molecule has 2 aromatic rings. The van der Waals surface area contributed by atoms with Crippen molar-refractivity contribution in [2.24, 2.45) is 5.41 Å². The SMILES string of the molecule is CCCC1(C)CCCN(c2ncnc3[nH]ccc23)C1. The maximum Gasteiger partial charge on any atom is 0.142 e. The smallest absolute Gasteiger partial charge is 0.142 e. The molecule has 1 unspecified atom stereocenters. The number of H-pyrrole nitrogens is 1. The number of aromatic nitrogens is 3. The lowest BCUT2D eigenvalue weighted by Crippen LogP contribution is -2.42. The first-order valence-corrected chi connectivity index (χ1v) is 7.25. The molecule has 4 nitrogen and oxygen atoms in total. The summed E-state index contributed by atoms with van der Waals surface area (Å²) < 4.78 is 0. The molecule has 0 radical (unpaired) electrons. The minimum absolute atomic E-state index is 0.431. The summed E-state index contributed by atoms with van der Waals surface area (Å²) >= 11 is 0. The van der Waals surface area contributed by atoms with Crippen molar-refractivity contribution in [2.75, 3.05) is 18.0 Å². The molecule has 1 fully saturated rings. The van der Waals surface area contributed by atoms with Crippen molar-refractivity contribution in [1.29, 1.82) is 0 Å². The second-order valence-electron chi connectivity index (χ2n) is 6.02. The molecule has 1 aliphatic heterocycles. The number of nitrogens with zero attached hydrogens (tertiary/aromatic N) is 3. The fraction of sp³-hybridized carbons (Fsp3) is 0.600. The molecule has 3 heterocycles. The molecule has 0 aliphatic carbocycles. The Morgan fingerprint density at radius 2 is 2.32 bits per heavy atom. The maximum atomic E-state index is 4.52. The third-order valence-electron chi connectivity index (χ3n) is 4.27. The second kappa shape index (κ2) is 4.83. The van der Waals surface area contributed by atoms with Crippen LogP contribution in [0.4, 0.5) is 5.82 Å². The number of fused-ring (bicyclic) bond motifs is 1. The van der Waals surface area contributed by atoms with E-state index in [0.29, 0.717) is 5.41 Å². The van der Waals surface area contributed by atoms with Gasteiger partial charge < -0.3 is 9.88 Å². The number of rotatable bonds is 3. The van der Waals surface area contributed by atoms with Gasteiger partial charge in [0.25, 0.3) is 0 Å². The van der Waals surface area contributed by atoms with Gasteiger partial charge in [-0.05, 0) is 30.7 Å². The predicted octanol–water partition coefficient (Wildman–Crippen LogP) is 3.36. The van der Waals surface area contributed by atoms with Gasteiger partial charge in [-0.1, -0.05) is 20.3 Å². The topological polar surface area (TPSA) is 44.8 Å². The van der Waals surface area contributed by atoms with E-state index in [1.54, 1.807) is 6.33 Å². The van der Waals surface area contributed by atoms with Crippen molar-refractivity contribution in [3.63, 3.8) is 0 Å². The van der Waals surface area contributed by atoms with Gasteiger partial charge in [0.05, 0.1) is 5.39 Å². The van der Waals surface area contributed by atoms with E-state index in [0.717, 1.165) is 29.9 Å². The standard InChI is InChI=1S/C15H22N4/c1-3-6-15(2)7-4-9-19(10-15)14-12-5-8-16-13(12)17-11-18-14/h5,8,11H,3-4,6-7,9-10H2,1-2H3,(H,16,17,18). The molecule has 1 N–H and O–H groups in total. The summed E-state index contributed by atoms with van der Waals surface area (Å²) in [6.45, 7) is 6.91. The highest BCUT2D eigenvalue weighted by molar-refractivity contribution is 5.87. The van der Waals surface area contributed by atoms with Gasteiger partial charge >= 0.3 is 0 Å². The molecule has 0 spiro atoms. The lowest BCUT2D eigenvalue weighted by atomic mass is 9.78. The van der Waals surface area contributed by atoms with Crippen LogP contribution in [0.1, 0.15) is 39.5 Å². The van der Waals surface area contributed by atoms with E-state index < -0.39 is 0 Å². The number of piperidine rings is 1. The van der Waals surface area contributed by atoms with Crippen LogP contribution in [0.3, 0.4) is 0 Å². The molecule has 102 valence electrons. The monoisotopic (exact) mass is 258 g/mol. The van der Waals surface area contributed by atoms with E-state index >= 15 is 0 Å².